The SMILES string of the molecule is Cc1nc(C(=O)N(C)C(C)c2cccc(S(N)(=O)=O)c2)nn1-c1ccc(F)cc1. The highest BCUT2D eigenvalue weighted by Crippen LogP contribution is 2.23. The fourth-order valence-electron chi connectivity index (χ4n) is 2.82. The molecule has 3 aromatic rings. The molecule has 3 rings (SSSR count). The number of aromatic nitrogens is 3. The Morgan fingerprint density at radius 2 is 1.86 bits per heavy atom. The van der Waals surface area contributed by atoms with Crippen LogP contribution in [0.1, 0.15) is 35.0 Å². The number of nitrogens with zero attached hydrogens (tertiary/aromatic N) is 4. The van der Waals surface area contributed by atoms with Gasteiger partial charge in [-0.1, -0.05) is 12.1 Å². The molecule has 0 aliphatic heterocycles. The van der Waals surface area contributed by atoms with Gasteiger partial charge < -0.3 is 4.90 Å². The third-order valence-corrected chi connectivity index (χ3v) is 5.51. The van der Waals surface area contributed by atoms with Crippen molar-refractivity contribution in [1.82, 2.24) is 19.7 Å². The van der Waals surface area contributed by atoms with Crippen LogP contribution in [0.25, 0.3) is 5.69 Å². The van der Waals surface area contributed by atoms with Crippen LogP contribution in [0.15, 0.2) is 53.4 Å². The van der Waals surface area contributed by atoms with Gasteiger partial charge in [0.25, 0.3) is 5.91 Å². The van der Waals surface area contributed by atoms with Crippen LogP contribution in [0.5, 0.6) is 0 Å². The largest absolute Gasteiger partial charge is 0.332 e. The van der Waals surface area contributed by atoms with Gasteiger partial charge in [-0.15, -0.1) is 5.10 Å². The molecule has 2 aromatic carbocycles. The summed E-state index contributed by atoms with van der Waals surface area (Å²) in [5, 5.41) is 9.42. The first kappa shape index (κ1) is 20.6. The van der Waals surface area contributed by atoms with Crippen LogP contribution in [-0.2, 0) is 10.0 Å². The Bertz CT molecular complexity index is 1160. The van der Waals surface area contributed by atoms with E-state index in [0.29, 0.717) is 17.1 Å². The number of benzene rings is 2. The summed E-state index contributed by atoms with van der Waals surface area (Å²) >= 11 is 0. The molecule has 0 radical (unpaired) electrons. The summed E-state index contributed by atoms with van der Waals surface area (Å²) < 4.78 is 37.8. The zero-order valence-corrected chi connectivity index (χ0v) is 16.9. The van der Waals surface area contributed by atoms with Crippen LogP contribution in [0.4, 0.5) is 4.39 Å². The lowest BCUT2D eigenvalue weighted by Gasteiger charge is -2.24. The first-order valence-electron chi connectivity index (χ1n) is 8.67. The van der Waals surface area contributed by atoms with Crippen molar-refractivity contribution in [3.05, 3.63) is 71.6 Å². The molecule has 1 heterocycles. The molecule has 0 bridgehead atoms. The van der Waals surface area contributed by atoms with E-state index in [-0.39, 0.29) is 16.5 Å². The second-order valence-corrected chi connectivity index (χ2v) is 8.14. The van der Waals surface area contributed by atoms with Gasteiger partial charge in [0.1, 0.15) is 11.6 Å². The van der Waals surface area contributed by atoms with Gasteiger partial charge in [0.05, 0.1) is 16.6 Å². The quantitative estimate of drug-likeness (QED) is 0.684. The van der Waals surface area contributed by atoms with E-state index in [1.807, 2.05) is 0 Å². The van der Waals surface area contributed by atoms with Crippen molar-refractivity contribution in [3.8, 4) is 5.69 Å². The predicted octanol–water partition coefficient (Wildman–Crippen LogP) is 2.20. The van der Waals surface area contributed by atoms with Crippen LogP contribution in [0.3, 0.4) is 0 Å². The van der Waals surface area contributed by atoms with Crippen molar-refractivity contribution in [2.75, 3.05) is 7.05 Å². The molecule has 29 heavy (non-hydrogen) atoms. The smallest absolute Gasteiger partial charge is 0.293 e. The Morgan fingerprint density at radius 1 is 1.21 bits per heavy atom. The molecule has 152 valence electrons. The van der Waals surface area contributed by atoms with E-state index in [9.17, 15) is 17.6 Å². The molecule has 0 fully saturated rings. The molecule has 1 aromatic heterocycles. The van der Waals surface area contributed by atoms with Gasteiger partial charge in [-0.05, 0) is 55.8 Å². The Morgan fingerprint density at radius 3 is 2.48 bits per heavy atom. The molecule has 0 aliphatic carbocycles. The highest BCUT2D eigenvalue weighted by atomic mass is 32.2. The average molecular weight is 417 g/mol. The highest BCUT2D eigenvalue weighted by molar-refractivity contribution is 7.89. The van der Waals surface area contributed by atoms with Gasteiger partial charge in [-0.3, -0.25) is 4.79 Å². The first-order valence-corrected chi connectivity index (χ1v) is 10.2. The number of carbonyl (C=O) groups excluding carboxylic acids is 1. The van der Waals surface area contributed by atoms with Gasteiger partial charge in [0.15, 0.2) is 0 Å². The number of aryl methyl sites for hydroxylation is 1. The van der Waals surface area contributed by atoms with E-state index >= 15 is 0 Å². The number of nitrogens with two attached hydrogens (primary N) is 1. The molecular formula is C19H20FN5O3S. The van der Waals surface area contributed by atoms with Gasteiger partial charge in [0, 0.05) is 7.05 Å². The van der Waals surface area contributed by atoms with Gasteiger partial charge in [0.2, 0.25) is 15.8 Å². The van der Waals surface area contributed by atoms with E-state index in [2.05, 4.69) is 10.1 Å². The summed E-state index contributed by atoms with van der Waals surface area (Å²) in [6.45, 7) is 3.44. The molecule has 8 nitrogen and oxygen atoms in total. The summed E-state index contributed by atoms with van der Waals surface area (Å²) in [6, 6.07) is 11.3. The van der Waals surface area contributed by atoms with Gasteiger partial charge >= 0.3 is 0 Å². The van der Waals surface area contributed by atoms with Crippen molar-refractivity contribution >= 4 is 15.9 Å². The number of hydrogen-bond acceptors (Lipinski definition) is 5. The number of primary sulfonamides is 1. The third kappa shape index (κ3) is 4.33. The minimum Gasteiger partial charge on any atom is -0.332 e. The minimum atomic E-state index is -3.85. The number of hydrogen-bond donors (Lipinski definition) is 1. The van der Waals surface area contributed by atoms with Crippen molar-refractivity contribution in [1.29, 1.82) is 0 Å². The Hall–Kier alpha value is -3.11. The maximum absolute atomic E-state index is 13.1. The summed E-state index contributed by atoms with van der Waals surface area (Å²) in [5.41, 5.74) is 1.18. The van der Waals surface area contributed by atoms with E-state index in [0.717, 1.165) is 0 Å². The number of rotatable bonds is 5. The van der Waals surface area contributed by atoms with Crippen LogP contribution < -0.4 is 5.14 Å². The lowest BCUT2D eigenvalue weighted by molar-refractivity contribution is 0.0730. The molecule has 1 atom stereocenters. The molecule has 1 amide bonds. The second-order valence-electron chi connectivity index (χ2n) is 6.58. The van der Waals surface area contributed by atoms with E-state index in [1.54, 1.807) is 33.0 Å². The normalized spacial score (nSPS) is 12.6. The van der Waals surface area contributed by atoms with Crippen LogP contribution in [0.2, 0.25) is 0 Å². The summed E-state index contributed by atoms with van der Waals surface area (Å²) in [4.78, 5) is 18.5. The Balaban J connectivity index is 1.87. The van der Waals surface area contributed by atoms with E-state index in [4.69, 9.17) is 5.14 Å². The first-order chi connectivity index (χ1) is 13.6. The number of sulfonamides is 1. The number of halogens is 1. The van der Waals surface area contributed by atoms with Crippen LogP contribution in [0, 0.1) is 12.7 Å². The Labute approximate surface area is 167 Å². The fraction of sp³-hybridized carbons (Fsp3) is 0.211. The molecule has 0 aliphatic rings. The number of amides is 1. The maximum atomic E-state index is 13.1. The van der Waals surface area contributed by atoms with Crippen molar-refractivity contribution < 1.29 is 17.6 Å². The van der Waals surface area contributed by atoms with Gasteiger partial charge in [-0.2, -0.15) is 0 Å². The fourth-order valence-corrected chi connectivity index (χ4v) is 3.38. The standard InChI is InChI=1S/C19H20FN5O3S/c1-12(14-5-4-6-17(11-14)29(21,27)28)24(3)19(26)18-22-13(2)25(23-18)16-9-7-15(20)8-10-16/h4-12H,1-3H3,(H2,21,27,28). The zero-order chi connectivity index (χ0) is 21.3. The van der Waals surface area contributed by atoms with Crippen molar-refractivity contribution in [2.24, 2.45) is 5.14 Å². The van der Waals surface area contributed by atoms with Crippen LogP contribution in [-0.4, -0.2) is 41.0 Å². The number of carbonyl (C=O) groups is 1. The summed E-state index contributed by atoms with van der Waals surface area (Å²) in [7, 11) is -2.28. The van der Waals surface area contributed by atoms with Crippen molar-refractivity contribution in [3.63, 3.8) is 0 Å². The molecule has 2 N–H and O–H groups in total. The molecule has 0 saturated carbocycles. The lowest BCUT2D eigenvalue weighted by Crippen LogP contribution is -2.30. The lowest BCUT2D eigenvalue weighted by atomic mass is 10.1. The average Bonchev–Trinajstić information content (AvgIpc) is 3.08. The van der Waals surface area contributed by atoms with Gasteiger partial charge in [-0.25, -0.2) is 27.6 Å². The monoisotopic (exact) mass is 417 g/mol. The predicted molar refractivity (Wildman–Crippen MR) is 104 cm³/mol. The Kier molecular flexibility index (Phi) is 5.49. The zero-order valence-electron chi connectivity index (χ0n) is 16.1. The molecule has 0 saturated heterocycles. The molecule has 10 heteroatoms. The molecule has 0 spiro atoms. The van der Waals surface area contributed by atoms with E-state index in [1.165, 1.54) is 46.0 Å². The minimum absolute atomic E-state index is 0.0243. The topological polar surface area (TPSA) is 111 Å². The van der Waals surface area contributed by atoms with Crippen molar-refractivity contribution in [2.45, 2.75) is 24.8 Å². The highest BCUT2D eigenvalue weighted by Gasteiger charge is 2.24. The molecular weight excluding hydrogens is 397 g/mol. The third-order valence-electron chi connectivity index (χ3n) is 4.60. The molecule has 1 unspecified atom stereocenters. The maximum Gasteiger partial charge on any atom is 0.293 e. The summed E-state index contributed by atoms with van der Waals surface area (Å²) in [6.07, 6.45) is 0. The summed E-state index contributed by atoms with van der Waals surface area (Å²) in [5.74, 6) is -0.374. The second kappa shape index (κ2) is 7.72. The van der Waals surface area contributed by atoms with E-state index < -0.39 is 22.0 Å². The van der Waals surface area contributed by atoms with Crippen LogP contribution >= 0.6 is 0 Å².